The van der Waals surface area contributed by atoms with Gasteiger partial charge in [0.2, 0.25) is 5.91 Å². The number of thioether (sulfide) groups is 1. The number of ether oxygens (including phenoxy) is 1. The summed E-state index contributed by atoms with van der Waals surface area (Å²) in [4.78, 5) is 19.0. The van der Waals surface area contributed by atoms with Crippen LogP contribution < -0.4 is 5.32 Å². The summed E-state index contributed by atoms with van der Waals surface area (Å²) < 4.78 is 5.59. The normalized spacial score (nSPS) is 22.2. The molecule has 1 N–H and O–H groups in total. The first-order valence-electron chi connectivity index (χ1n) is 11.8. The SMILES string of the molecule is CSc1ccc(NC(=O)CC[C@@H]2CN(Cc3ccc(Cl)cc3)CC[C@@H]2N2CCOCC2)cc1. The number of anilines is 1. The third-order valence-corrected chi connectivity index (χ3v) is 7.72. The maximum atomic E-state index is 12.7. The Kier molecular flexibility index (Phi) is 9.10. The molecule has 0 aliphatic carbocycles. The summed E-state index contributed by atoms with van der Waals surface area (Å²) in [7, 11) is 0. The summed E-state index contributed by atoms with van der Waals surface area (Å²) in [5, 5.41) is 3.85. The van der Waals surface area contributed by atoms with Crippen molar-refractivity contribution >= 4 is 35.0 Å². The zero-order chi connectivity index (χ0) is 23.0. The summed E-state index contributed by atoms with van der Waals surface area (Å²) in [6, 6.07) is 16.7. The first-order chi connectivity index (χ1) is 16.1. The van der Waals surface area contributed by atoms with Gasteiger partial charge in [0, 0.05) is 54.2 Å². The minimum Gasteiger partial charge on any atom is -0.379 e. The third kappa shape index (κ3) is 7.20. The van der Waals surface area contributed by atoms with Crippen LogP contribution in [0.3, 0.4) is 0 Å². The van der Waals surface area contributed by atoms with Crippen LogP contribution in [0.25, 0.3) is 0 Å². The van der Waals surface area contributed by atoms with Gasteiger partial charge >= 0.3 is 0 Å². The number of benzene rings is 2. The molecule has 0 radical (unpaired) electrons. The molecule has 5 nitrogen and oxygen atoms in total. The van der Waals surface area contributed by atoms with E-state index in [1.54, 1.807) is 11.8 Å². The van der Waals surface area contributed by atoms with Crippen LogP contribution in [0.1, 0.15) is 24.8 Å². The Bertz CT molecular complexity index is 887. The highest BCUT2D eigenvalue weighted by Crippen LogP contribution is 2.28. The fourth-order valence-corrected chi connectivity index (χ4v) is 5.51. The van der Waals surface area contributed by atoms with Crippen molar-refractivity contribution in [3.63, 3.8) is 0 Å². The molecular formula is C26H34ClN3O2S. The molecule has 0 bridgehead atoms. The van der Waals surface area contributed by atoms with Crippen molar-refractivity contribution in [2.24, 2.45) is 5.92 Å². The Morgan fingerprint density at radius 2 is 1.82 bits per heavy atom. The maximum absolute atomic E-state index is 12.7. The predicted molar refractivity (Wildman–Crippen MR) is 137 cm³/mol. The van der Waals surface area contributed by atoms with E-state index in [0.29, 0.717) is 18.4 Å². The van der Waals surface area contributed by atoms with Crippen molar-refractivity contribution in [1.29, 1.82) is 0 Å². The van der Waals surface area contributed by atoms with Crippen LogP contribution in [-0.2, 0) is 16.1 Å². The Balaban J connectivity index is 1.36. The predicted octanol–water partition coefficient (Wildman–Crippen LogP) is 5.00. The molecule has 2 aromatic carbocycles. The molecule has 0 aromatic heterocycles. The van der Waals surface area contributed by atoms with E-state index in [1.807, 2.05) is 36.4 Å². The fourth-order valence-electron chi connectivity index (χ4n) is 4.97. The second-order valence-corrected chi connectivity index (χ2v) is 10.3. The van der Waals surface area contributed by atoms with Crippen molar-refractivity contribution in [2.75, 3.05) is 51.0 Å². The van der Waals surface area contributed by atoms with Gasteiger partial charge in [-0.05, 0) is 73.5 Å². The standard InChI is InChI=1S/C26H34ClN3O2S/c1-33-24-9-7-23(8-10-24)28-26(31)11-4-21-19-29(18-20-2-5-22(27)6-3-20)13-12-25(21)30-14-16-32-17-15-30/h2-3,5-10,21,25H,4,11-19H2,1H3,(H,28,31)/t21-,25+/m1/s1. The second-order valence-electron chi connectivity index (χ2n) is 8.94. The molecule has 0 saturated carbocycles. The number of nitrogens with zero attached hydrogens (tertiary/aromatic N) is 2. The lowest BCUT2D eigenvalue weighted by atomic mass is 9.86. The molecule has 1 amide bonds. The van der Waals surface area contributed by atoms with Gasteiger partial charge in [0.15, 0.2) is 0 Å². The molecule has 2 heterocycles. The number of amides is 1. The van der Waals surface area contributed by atoms with Gasteiger partial charge in [0.25, 0.3) is 0 Å². The fraction of sp³-hybridized carbons (Fsp3) is 0.500. The number of rotatable bonds is 8. The van der Waals surface area contributed by atoms with E-state index in [2.05, 4.69) is 33.5 Å². The summed E-state index contributed by atoms with van der Waals surface area (Å²) in [5.41, 5.74) is 2.16. The number of likely N-dealkylation sites (tertiary alicyclic amines) is 1. The molecule has 0 spiro atoms. The topological polar surface area (TPSA) is 44.8 Å². The molecule has 4 rings (SSSR count). The molecule has 7 heteroatoms. The molecule has 33 heavy (non-hydrogen) atoms. The minimum atomic E-state index is 0.0995. The van der Waals surface area contributed by atoms with Gasteiger partial charge in [-0.2, -0.15) is 0 Å². The van der Waals surface area contributed by atoms with Crippen LogP contribution in [0.5, 0.6) is 0 Å². The van der Waals surface area contributed by atoms with Crippen molar-refractivity contribution in [2.45, 2.75) is 36.7 Å². The Morgan fingerprint density at radius 1 is 1.09 bits per heavy atom. The third-order valence-electron chi connectivity index (χ3n) is 6.73. The van der Waals surface area contributed by atoms with Gasteiger partial charge in [-0.1, -0.05) is 23.7 Å². The molecule has 178 valence electrons. The van der Waals surface area contributed by atoms with E-state index < -0.39 is 0 Å². The van der Waals surface area contributed by atoms with E-state index in [1.165, 1.54) is 10.5 Å². The highest BCUT2D eigenvalue weighted by Gasteiger charge is 2.34. The molecule has 2 aliphatic rings. The zero-order valence-corrected chi connectivity index (χ0v) is 20.9. The van der Waals surface area contributed by atoms with Gasteiger partial charge in [-0.15, -0.1) is 11.8 Å². The molecule has 2 atom stereocenters. The number of morpholine rings is 1. The van der Waals surface area contributed by atoms with E-state index in [-0.39, 0.29) is 5.91 Å². The molecule has 2 saturated heterocycles. The number of carbonyl (C=O) groups excluding carboxylic acids is 1. The van der Waals surface area contributed by atoms with Gasteiger partial charge in [-0.25, -0.2) is 0 Å². The second kappa shape index (κ2) is 12.2. The number of nitrogens with one attached hydrogen (secondary N) is 1. The smallest absolute Gasteiger partial charge is 0.224 e. The maximum Gasteiger partial charge on any atom is 0.224 e. The Hall–Kier alpha value is -1.57. The summed E-state index contributed by atoms with van der Waals surface area (Å²) in [6.45, 7) is 6.63. The Morgan fingerprint density at radius 3 is 2.52 bits per heavy atom. The number of piperidine rings is 1. The van der Waals surface area contributed by atoms with Crippen molar-refractivity contribution in [3.8, 4) is 0 Å². The van der Waals surface area contributed by atoms with Gasteiger partial charge in [0.1, 0.15) is 0 Å². The highest BCUT2D eigenvalue weighted by molar-refractivity contribution is 7.98. The van der Waals surface area contributed by atoms with Gasteiger partial charge in [-0.3, -0.25) is 14.6 Å². The minimum absolute atomic E-state index is 0.0995. The van der Waals surface area contributed by atoms with Crippen LogP contribution in [0.2, 0.25) is 5.02 Å². The van der Waals surface area contributed by atoms with Crippen LogP contribution in [0.15, 0.2) is 53.4 Å². The number of hydrogen-bond donors (Lipinski definition) is 1. The molecule has 2 aromatic rings. The molecule has 0 unspecified atom stereocenters. The zero-order valence-electron chi connectivity index (χ0n) is 19.3. The van der Waals surface area contributed by atoms with E-state index in [9.17, 15) is 4.79 Å². The average molecular weight is 488 g/mol. The lowest BCUT2D eigenvalue weighted by molar-refractivity contribution is -0.116. The average Bonchev–Trinajstić information content (AvgIpc) is 2.85. The Labute approximate surface area is 206 Å². The monoisotopic (exact) mass is 487 g/mol. The first-order valence-corrected chi connectivity index (χ1v) is 13.4. The first kappa shape index (κ1) is 24.6. The largest absolute Gasteiger partial charge is 0.379 e. The van der Waals surface area contributed by atoms with E-state index in [0.717, 1.165) is 69.5 Å². The number of halogens is 1. The lowest BCUT2D eigenvalue weighted by Gasteiger charge is -2.45. The summed E-state index contributed by atoms with van der Waals surface area (Å²) in [6.07, 6.45) is 4.63. The van der Waals surface area contributed by atoms with Crippen LogP contribution in [-0.4, -0.2) is 67.4 Å². The van der Waals surface area contributed by atoms with E-state index in [4.69, 9.17) is 16.3 Å². The van der Waals surface area contributed by atoms with Crippen LogP contribution in [0.4, 0.5) is 5.69 Å². The molecular weight excluding hydrogens is 454 g/mol. The van der Waals surface area contributed by atoms with Crippen molar-refractivity contribution in [1.82, 2.24) is 9.80 Å². The quantitative estimate of drug-likeness (QED) is 0.530. The molecule has 2 fully saturated rings. The highest BCUT2D eigenvalue weighted by atomic mass is 35.5. The van der Waals surface area contributed by atoms with Crippen molar-refractivity contribution in [3.05, 3.63) is 59.1 Å². The summed E-state index contributed by atoms with van der Waals surface area (Å²) >= 11 is 7.76. The number of carbonyl (C=O) groups is 1. The molecule has 2 aliphatic heterocycles. The summed E-state index contributed by atoms with van der Waals surface area (Å²) in [5.74, 6) is 0.566. The van der Waals surface area contributed by atoms with Crippen LogP contribution >= 0.6 is 23.4 Å². The van der Waals surface area contributed by atoms with Gasteiger partial charge < -0.3 is 10.1 Å². The van der Waals surface area contributed by atoms with Crippen LogP contribution in [0, 0.1) is 5.92 Å². The van der Waals surface area contributed by atoms with Crippen molar-refractivity contribution < 1.29 is 9.53 Å². The van der Waals surface area contributed by atoms with E-state index >= 15 is 0 Å². The van der Waals surface area contributed by atoms with Gasteiger partial charge in [0.05, 0.1) is 13.2 Å². The lowest BCUT2D eigenvalue weighted by Crippen LogP contribution is -2.53. The number of hydrogen-bond acceptors (Lipinski definition) is 5.